The standard InChI is InChI=1S/C11H18N2O2S/c1-8-5-6-16-9(8)7-12-13-10(14)15-11(2,3)4/h5-6,12H,7H2,1-4H3,(H,13,14). The van der Waals surface area contributed by atoms with Crippen LogP contribution in [0, 0.1) is 6.92 Å². The molecule has 90 valence electrons. The average Bonchev–Trinajstić information content (AvgIpc) is 2.48. The molecule has 0 atom stereocenters. The first-order valence-electron chi connectivity index (χ1n) is 5.13. The molecule has 1 rings (SSSR count). The lowest BCUT2D eigenvalue weighted by Crippen LogP contribution is -2.40. The van der Waals surface area contributed by atoms with Crippen LogP contribution in [0.15, 0.2) is 11.4 Å². The van der Waals surface area contributed by atoms with Gasteiger partial charge in [-0.05, 0) is 44.7 Å². The lowest BCUT2D eigenvalue weighted by Gasteiger charge is -2.19. The highest BCUT2D eigenvalue weighted by Gasteiger charge is 2.15. The van der Waals surface area contributed by atoms with E-state index in [1.54, 1.807) is 11.3 Å². The lowest BCUT2D eigenvalue weighted by atomic mass is 10.2. The summed E-state index contributed by atoms with van der Waals surface area (Å²) in [6, 6.07) is 2.05. The number of hydrazine groups is 1. The van der Waals surface area contributed by atoms with Crippen LogP contribution in [0.2, 0.25) is 0 Å². The van der Waals surface area contributed by atoms with Crippen molar-refractivity contribution in [3.63, 3.8) is 0 Å². The van der Waals surface area contributed by atoms with Gasteiger partial charge in [-0.3, -0.25) is 5.43 Å². The molecule has 2 N–H and O–H groups in total. The van der Waals surface area contributed by atoms with Crippen molar-refractivity contribution < 1.29 is 9.53 Å². The van der Waals surface area contributed by atoms with E-state index in [1.807, 2.05) is 33.1 Å². The summed E-state index contributed by atoms with van der Waals surface area (Å²) in [5, 5.41) is 2.03. The summed E-state index contributed by atoms with van der Waals surface area (Å²) in [6.07, 6.45) is -0.457. The van der Waals surface area contributed by atoms with E-state index in [0.717, 1.165) is 0 Å². The Morgan fingerprint density at radius 2 is 2.19 bits per heavy atom. The second-order valence-corrected chi connectivity index (χ2v) is 5.51. The third-order valence-corrected chi connectivity index (χ3v) is 2.83. The van der Waals surface area contributed by atoms with Crippen LogP contribution in [0.3, 0.4) is 0 Å². The minimum absolute atomic E-state index is 0.457. The maximum atomic E-state index is 11.3. The number of carbonyl (C=O) groups is 1. The van der Waals surface area contributed by atoms with Gasteiger partial charge in [0.2, 0.25) is 0 Å². The molecule has 0 bridgehead atoms. The highest BCUT2D eigenvalue weighted by atomic mass is 32.1. The molecule has 4 nitrogen and oxygen atoms in total. The van der Waals surface area contributed by atoms with E-state index in [2.05, 4.69) is 16.9 Å². The number of carbonyl (C=O) groups excluding carboxylic acids is 1. The van der Waals surface area contributed by atoms with Crippen molar-refractivity contribution >= 4 is 17.4 Å². The third kappa shape index (κ3) is 4.63. The zero-order chi connectivity index (χ0) is 12.2. The molecule has 0 saturated heterocycles. The average molecular weight is 242 g/mol. The molecular formula is C11H18N2O2S. The van der Waals surface area contributed by atoms with Crippen LogP contribution in [-0.4, -0.2) is 11.7 Å². The van der Waals surface area contributed by atoms with Crippen molar-refractivity contribution in [2.75, 3.05) is 0 Å². The van der Waals surface area contributed by atoms with Gasteiger partial charge in [0.15, 0.2) is 0 Å². The highest BCUT2D eigenvalue weighted by molar-refractivity contribution is 7.10. The number of ether oxygens (including phenoxy) is 1. The Kier molecular flexibility index (Phi) is 4.32. The quantitative estimate of drug-likeness (QED) is 0.801. The number of thiophene rings is 1. The Hall–Kier alpha value is -1.07. The largest absolute Gasteiger partial charge is 0.443 e. The molecule has 0 aromatic carbocycles. The topological polar surface area (TPSA) is 50.4 Å². The van der Waals surface area contributed by atoms with Gasteiger partial charge in [0.05, 0.1) is 0 Å². The van der Waals surface area contributed by atoms with Gasteiger partial charge in [-0.25, -0.2) is 10.2 Å². The molecule has 0 fully saturated rings. The number of nitrogens with one attached hydrogen (secondary N) is 2. The molecule has 0 aliphatic carbocycles. The molecule has 0 aliphatic heterocycles. The van der Waals surface area contributed by atoms with Crippen LogP contribution >= 0.6 is 11.3 Å². The smallest absolute Gasteiger partial charge is 0.422 e. The second kappa shape index (κ2) is 5.32. The number of aryl methyl sites for hydroxylation is 1. The van der Waals surface area contributed by atoms with Crippen molar-refractivity contribution in [1.29, 1.82) is 0 Å². The first-order chi connectivity index (χ1) is 7.38. The third-order valence-electron chi connectivity index (χ3n) is 1.81. The molecular weight excluding hydrogens is 224 g/mol. The van der Waals surface area contributed by atoms with Gasteiger partial charge in [-0.2, -0.15) is 0 Å². The fourth-order valence-corrected chi connectivity index (χ4v) is 1.93. The fraction of sp³-hybridized carbons (Fsp3) is 0.545. The Morgan fingerprint density at radius 3 is 2.69 bits per heavy atom. The summed E-state index contributed by atoms with van der Waals surface area (Å²) >= 11 is 1.66. The van der Waals surface area contributed by atoms with Crippen molar-refractivity contribution in [2.45, 2.75) is 39.8 Å². The summed E-state index contributed by atoms with van der Waals surface area (Å²) in [5.74, 6) is 0. The van der Waals surface area contributed by atoms with Crippen molar-refractivity contribution in [3.05, 3.63) is 21.9 Å². The molecule has 0 saturated carbocycles. The van der Waals surface area contributed by atoms with E-state index >= 15 is 0 Å². The predicted molar refractivity (Wildman–Crippen MR) is 65.3 cm³/mol. The number of hydrogen-bond donors (Lipinski definition) is 2. The fourth-order valence-electron chi connectivity index (χ4n) is 1.09. The van der Waals surface area contributed by atoms with Crippen LogP contribution < -0.4 is 10.9 Å². The van der Waals surface area contributed by atoms with Crippen LogP contribution in [0.25, 0.3) is 0 Å². The van der Waals surface area contributed by atoms with Crippen molar-refractivity contribution in [3.8, 4) is 0 Å². The first kappa shape index (κ1) is 13.0. The molecule has 0 aliphatic rings. The summed E-state index contributed by atoms with van der Waals surface area (Å²) in [6.45, 7) is 8.14. The second-order valence-electron chi connectivity index (χ2n) is 4.51. The van der Waals surface area contributed by atoms with E-state index in [9.17, 15) is 4.79 Å². The Balaban J connectivity index is 2.26. The first-order valence-corrected chi connectivity index (χ1v) is 6.01. The normalized spacial score (nSPS) is 11.2. The van der Waals surface area contributed by atoms with E-state index < -0.39 is 11.7 Å². The molecule has 0 radical (unpaired) electrons. The van der Waals surface area contributed by atoms with E-state index in [4.69, 9.17) is 4.74 Å². The van der Waals surface area contributed by atoms with Gasteiger partial charge >= 0.3 is 6.09 Å². The molecule has 1 aromatic rings. The van der Waals surface area contributed by atoms with Crippen molar-refractivity contribution in [1.82, 2.24) is 10.9 Å². The SMILES string of the molecule is Cc1ccsc1CNNC(=O)OC(C)(C)C. The van der Waals surface area contributed by atoms with Gasteiger partial charge in [-0.1, -0.05) is 0 Å². The Morgan fingerprint density at radius 1 is 1.50 bits per heavy atom. The summed E-state index contributed by atoms with van der Waals surface area (Å²) < 4.78 is 5.08. The van der Waals surface area contributed by atoms with Crippen LogP contribution in [0.4, 0.5) is 4.79 Å². The van der Waals surface area contributed by atoms with Gasteiger partial charge in [-0.15, -0.1) is 11.3 Å². The molecule has 16 heavy (non-hydrogen) atoms. The molecule has 0 spiro atoms. The molecule has 0 unspecified atom stereocenters. The lowest BCUT2D eigenvalue weighted by molar-refractivity contribution is 0.0497. The van der Waals surface area contributed by atoms with Gasteiger partial charge in [0, 0.05) is 11.4 Å². The van der Waals surface area contributed by atoms with E-state index in [1.165, 1.54) is 10.4 Å². The maximum absolute atomic E-state index is 11.3. The van der Waals surface area contributed by atoms with Crippen LogP contribution in [-0.2, 0) is 11.3 Å². The van der Waals surface area contributed by atoms with Gasteiger partial charge in [0.25, 0.3) is 0 Å². The highest BCUT2D eigenvalue weighted by Crippen LogP contribution is 2.14. The Labute approximate surface area is 100.0 Å². The van der Waals surface area contributed by atoms with Gasteiger partial charge < -0.3 is 4.74 Å². The monoisotopic (exact) mass is 242 g/mol. The minimum Gasteiger partial charge on any atom is -0.443 e. The van der Waals surface area contributed by atoms with E-state index in [-0.39, 0.29) is 0 Å². The molecule has 1 amide bonds. The number of rotatable bonds is 3. The number of hydrogen-bond acceptors (Lipinski definition) is 4. The molecule has 5 heteroatoms. The number of amides is 1. The Bertz CT molecular complexity index is 355. The molecule has 1 aromatic heterocycles. The minimum atomic E-state index is -0.468. The van der Waals surface area contributed by atoms with Crippen LogP contribution in [0.5, 0.6) is 0 Å². The van der Waals surface area contributed by atoms with Crippen LogP contribution in [0.1, 0.15) is 31.2 Å². The van der Waals surface area contributed by atoms with Gasteiger partial charge in [0.1, 0.15) is 5.60 Å². The summed E-state index contributed by atoms with van der Waals surface area (Å²) in [5.41, 5.74) is 6.09. The van der Waals surface area contributed by atoms with E-state index in [0.29, 0.717) is 6.54 Å². The maximum Gasteiger partial charge on any atom is 0.422 e. The zero-order valence-electron chi connectivity index (χ0n) is 10.1. The predicted octanol–water partition coefficient (Wildman–Crippen LogP) is 2.59. The van der Waals surface area contributed by atoms with Crippen molar-refractivity contribution in [2.24, 2.45) is 0 Å². The molecule has 1 heterocycles. The zero-order valence-corrected chi connectivity index (χ0v) is 10.9. The summed E-state index contributed by atoms with van der Waals surface area (Å²) in [4.78, 5) is 12.5. The summed E-state index contributed by atoms with van der Waals surface area (Å²) in [7, 11) is 0.